The topological polar surface area (TPSA) is 12.9 Å². The van der Waals surface area contributed by atoms with Gasteiger partial charge in [0, 0.05) is 17.8 Å². The molecule has 1 heteroatoms. The number of aryl methyl sites for hydroxylation is 1. The molecule has 1 aromatic carbocycles. The first-order valence-corrected chi connectivity index (χ1v) is 3.58. The van der Waals surface area contributed by atoms with E-state index in [0.29, 0.717) is 0 Å². The zero-order valence-electron chi connectivity index (χ0n) is 6.33. The Morgan fingerprint density at radius 2 is 2.27 bits per heavy atom. The smallest absolute Gasteiger partial charge is 0.0346 e. The molecule has 0 saturated carbocycles. The van der Waals surface area contributed by atoms with Gasteiger partial charge in [-0.05, 0) is 30.0 Å². The molecule has 0 fully saturated rings. The zero-order valence-corrected chi connectivity index (χ0v) is 6.33. The summed E-state index contributed by atoms with van der Waals surface area (Å²) in [6, 6.07) is 8.97. The Kier molecular flexibility index (Phi) is 1.35. The van der Waals surface area contributed by atoms with Gasteiger partial charge in [-0.25, -0.2) is 0 Å². The average Bonchev–Trinajstić information content (AvgIpc) is 2.06. The molecule has 1 aromatic heterocycles. The molecule has 0 aliphatic heterocycles. The Balaban J connectivity index is 2.91. The van der Waals surface area contributed by atoms with E-state index >= 15 is 0 Å². The van der Waals surface area contributed by atoms with Crippen molar-refractivity contribution in [1.82, 2.24) is 4.98 Å². The van der Waals surface area contributed by atoms with Crippen molar-refractivity contribution in [3.8, 4) is 0 Å². The third kappa shape index (κ3) is 0.984. The number of benzene rings is 1. The second-order valence-electron chi connectivity index (χ2n) is 2.60. The maximum atomic E-state index is 4.10. The number of fused-ring (bicyclic) bond motifs is 1. The summed E-state index contributed by atoms with van der Waals surface area (Å²) in [4.78, 5) is 4.10. The molecule has 0 saturated heterocycles. The quantitative estimate of drug-likeness (QED) is 0.550. The largest absolute Gasteiger partial charge is 0.264 e. The Labute approximate surface area is 65.7 Å². The molecule has 1 heterocycles. The average molecular weight is 142 g/mol. The van der Waals surface area contributed by atoms with Crippen LogP contribution >= 0.6 is 0 Å². The van der Waals surface area contributed by atoms with Gasteiger partial charge in [0.2, 0.25) is 0 Å². The second kappa shape index (κ2) is 2.35. The predicted octanol–water partition coefficient (Wildman–Crippen LogP) is 2.34. The molecule has 0 spiro atoms. The minimum absolute atomic E-state index is 1.18. The Bertz CT molecular complexity index is 374. The first-order chi connectivity index (χ1) is 5.38. The summed E-state index contributed by atoms with van der Waals surface area (Å²) in [6.45, 7) is 2.06. The Morgan fingerprint density at radius 3 is 3.09 bits per heavy atom. The predicted molar refractivity (Wildman–Crippen MR) is 45.3 cm³/mol. The standard InChI is InChI=1S/C10H8N/c1-8-6-11-7-9-4-2-3-5-10(8)9/h2,4-7H,1H3. The van der Waals surface area contributed by atoms with Gasteiger partial charge in [0.25, 0.3) is 0 Å². The Morgan fingerprint density at radius 1 is 1.36 bits per heavy atom. The van der Waals surface area contributed by atoms with E-state index in [4.69, 9.17) is 0 Å². The van der Waals surface area contributed by atoms with E-state index < -0.39 is 0 Å². The number of rotatable bonds is 0. The van der Waals surface area contributed by atoms with E-state index in [9.17, 15) is 0 Å². The molecule has 2 rings (SSSR count). The molecule has 0 N–H and O–H groups in total. The lowest BCUT2D eigenvalue weighted by Gasteiger charge is -1.97. The van der Waals surface area contributed by atoms with Crippen LogP contribution in [-0.2, 0) is 0 Å². The lowest BCUT2D eigenvalue weighted by Crippen LogP contribution is -1.79. The summed E-state index contributed by atoms with van der Waals surface area (Å²) in [5.74, 6) is 0. The fourth-order valence-electron chi connectivity index (χ4n) is 1.20. The normalized spacial score (nSPS) is 10.3. The van der Waals surface area contributed by atoms with Crippen molar-refractivity contribution in [2.24, 2.45) is 0 Å². The van der Waals surface area contributed by atoms with Crippen molar-refractivity contribution in [1.29, 1.82) is 0 Å². The van der Waals surface area contributed by atoms with Gasteiger partial charge in [0.1, 0.15) is 0 Å². The number of aromatic nitrogens is 1. The molecule has 1 radical (unpaired) electrons. The van der Waals surface area contributed by atoms with Crippen molar-refractivity contribution < 1.29 is 0 Å². The molecule has 0 aliphatic carbocycles. The van der Waals surface area contributed by atoms with E-state index in [1.165, 1.54) is 16.3 Å². The summed E-state index contributed by atoms with van der Waals surface area (Å²) in [5, 5.41) is 2.42. The fourth-order valence-corrected chi connectivity index (χ4v) is 1.20. The number of hydrogen-bond acceptors (Lipinski definition) is 1. The molecule has 11 heavy (non-hydrogen) atoms. The molecule has 0 amide bonds. The molecule has 0 aliphatic rings. The summed E-state index contributed by atoms with van der Waals surface area (Å²) in [5.41, 5.74) is 1.21. The zero-order chi connectivity index (χ0) is 7.68. The van der Waals surface area contributed by atoms with Crippen LogP contribution in [0, 0.1) is 13.0 Å². The third-order valence-corrected chi connectivity index (χ3v) is 1.80. The first-order valence-electron chi connectivity index (χ1n) is 3.58. The number of nitrogens with zero attached hydrogens (tertiary/aromatic N) is 1. The minimum Gasteiger partial charge on any atom is -0.264 e. The van der Waals surface area contributed by atoms with E-state index in [2.05, 4.69) is 18.0 Å². The number of pyridine rings is 1. The van der Waals surface area contributed by atoms with Crippen LogP contribution in [0.2, 0.25) is 0 Å². The Hall–Kier alpha value is -1.37. The van der Waals surface area contributed by atoms with Crippen molar-refractivity contribution in [2.45, 2.75) is 6.92 Å². The lowest BCUT2D eigenvalue weighted by atomic mass is 10.1. The highest BCUT2D eigenvalue weighted by atomic mass is 14.6. The molecule has 53 valence electrons. The summed E-state index contributed by atoms with van der Waals surface area (Å²) < 4.78 is 0. The molecular formula is C10H8N. The van der Waals surface area contributed by atoms with Crippen molar-refractivity contribution in [3.05, 3.63) is 42.2 Å². The SMILES string of the molecule is Cc1cncc2cc[c]cc12. The lowest BCUT2D eigenvalue weighted by molar-refractivity contribution is 1.31. The maximum Gasteiger partial charge on any atom is 0.0346 e. The van der Waals surface area contributed by atoms with Gasteiger partial charge in [-0.2, -0.15) is 0 Å². The van der Waals surface area contributed by atoms with E-state index in [0.717, 1.165) is 0 Å². The molecule has 2 aromatic rings. The summed E-state index contributed by atoms with van der Waals surface area (Å²) in [6.07, 6.45) is 3.74. The van der Waals surface area contributed by atoms with Crippen LogP contribution in [0.3, 0.4) is 0 Å². The van der Waals surface area contributed by atoms with Crippen molar-refractivity contribution >= 4 is 10.8 Å². The van der Waals surface area contributed by atoms with Gasteiger partial charge in [-0.3, -0.25) is 4.98 Å². The van der Waals surface area contributed by atoms with Crippen LogP contribution < -0.4 is 0 Å². The van der Waals surface area contributed by atoms with Gasteiger partial charge >= 0.3 is 0 Å². The highest BCUT2D eigenvalue weighted by Gasteiger charge is 1.93. The minimum atomic E-state index is 1.18. The van der Waals surface area contributed by atoms with E-state index in [1.807, 2.05) is 30.6 Å². The van der Waals surface area contributed by atoms with Gasteiger partial charge in [-0.15, -0.1) is 0 Å². The van der Waals surface area contributed by atoms with Crippen LogP contribution in [0.15, 0.2) is 30.6 Å². The van der Waals surface area contributed by atoms with Gasteiger partial charge in [0.15, 0.2) is 0 Å². The maximum absolute atomic E-state index is 4.10. The molecular weight excluding hydrogens is 134 g/mol. The second-order valence-corrected chi connectivity index (χ2v) is 2.60. The van der Waals surface area contributed by atoms with Crippen molar-refractivity contribution in [2.75, 3.05) is 0 Å². The van der Waals surface area contributed by atoms with Gasteiger partial charge in [-0.1, -0.05) is 12.1 Å². The highest BCUT2D eigenvalue weighted by Crippen LogP contribution is 2.14. The van der Waals surface area contributed by atoms with Crippen LogP contribution in [0.5, 0.6) is 0 Å². The van der Waals surface area contributed by atoms with E-state index in [1.54, 1.807) is 0 Å². The van der Waals surface area contributed by atoms with E-state index in [-0.39, 0.29) is 0 Å². The third-order valence-electron chi connectivity index (χ3n) is 1.80. The monoisotopic (exact) mass is 142 g/mol. The molecule has 0 atom stereocenters. The highest BCUT2D eigenvalue weighted by molar-refractivity contribution is 5.84. The van der Waals surface area contributed by atoms with Crippen molar-refractivity contribution in [3.63, 3.8) is 0 Å². The van der Waals surface area contributed by atoms with Crippen LogP contribution in [0.25, 0.3) is 10.8 Å². The summed E-state index contributed by atoms with van der Waals surface area (Å²) in [7, 11) is 0. The molecule has 1 nitrogen and oxygen atoms in total. The van der Waals surface area contributed by atoms with Gasteiger partial charge < -0.3 is 0 Å². The molecule has 0 unspecified atom stereocenters. The van der Waals surface area contributed by atoms with Crippen LogP contribution in [0.1, 0.15) is 5.56 Å². The van der Waals surface area contributed by atoms with Crippen LogP contribution in [0.4, 0.5) is 0 Å². The van der Waals surface area contributed by atoms with Crippen LogP contribution in [-0.4, -0.2) is 4.98 Å². The first kappa shape index (κ1) is 6.35. The fraction of sp³-hybridized carbons (Fsp3) is 0.100. The summed E-state index contributed by atoms with van der Waals surface area (Å²) >= 11 is 0. The van der Waals surface area contributed by atoms with Gasteiger partial charge in [0.05, 0.1) is 0 Å². The molecule has 0 bridgehead atoms. The number of hydrogen-bond donors (Lipinski definition) is 0.